The van der Waals surface area contributed by atoms with Crippen LogP contribution in [0, 0.1) is 6.92 Å². The van der Waals surface area contributed by atoms with E-state index in [1.807, 2.05) is 18.7 Å². The monoisotopic (exact) mass is 359 g/mol. The highest BCUT2D eigenvalue weighted by molar-refractivity contribution is 8.06. The average molecular weight is 360 g/mol. The van der Waals surface area contributed by atoms with Crippen molar-refractivity contribution in [2.45, 2.75) is 18.6 Å². The van der Waals surface area contributed by atoms with Gasteiger partial charge < -0.3 is 10.1 Å². The summed E-state index contributed by atoms with van der Waals surface area (Å²) in [5.74, 6) is 2.49. The molecule has 2 rings (SSSR count). The molecule has 0 bridgehead atoms. The van der Waals surface area contributed by atoms with E-state index in [0.29, 0.717) is 22.4 Å². The largest absolute Gasteiger partial charge is 0.456 e. The predicted octanol–water partition coefficient (Wildman–Crippen LogP) is 3.37. The van der Waals surface area contributed by atoms with Gasteiger partial charge in [0, 0.05) is 33.2 Å². The van der Waals surface area contributed by atoms with Gasteiger partial charge in [-0.05, 0) is 24.6 Å². The van der Waals surface area contributed by atoms with Gasteiger partial charge in [-0.25, -0.2) is 0 Å². The molecule has 1 unspecified atom stereocenters. The summed E-state index contributed by atoms with van der Waals surface area (Å²) in [4.78, 5) is 23.6. The van der Waals surface area contributed by atoms with Crippen molar-refractivity contribution in [1.82, 2.24) is 0 Å². The van der Waals surface area contributed by atoms with Crippen molar-refractivity contribution in [3.05, 3.63) is 28.8 Å². The van der Waals surface area contributed by atoms with E-state index >= 15 is 0 Å². The summed E-state index contributed by atoms with van der Waals surface area (Å²) < 4.78 is 5.04. The van der Waals surface area contributed by atoms with E-state index < -0.39 is 0 Å². The molecule has 1 N–H and O–H groups in total. The molecule has 0 aromatic heterocycles. The Morgan fingerprint density at radius 2 is 2.23 bits per heavy atom. The van der Waals surface area contributed by atoms with Crippen LogP contribution in [0.15, 0.2) is 18.2 Å². The molecule has 1 amide bonds. The number of amides is 1. The van der Waals surface area contributed by atoms with Crippen LogP contribution in [-0.2, 0) is 14.3 Å². The van der Waals surface area contributed by atoms with E-state index in [1.54, 1.807) is 30.0 Å². The quantitative estimate of drug-likeness (QED) is 0.817. The van der Waals surface area contributed by atoms with Crippen LogP contribution < -0.4 is 5.32 Å². The first kappa shape index (κ1) is 17.5. The Morgan fingerprint density at radius 3 is 2.95 bits per heavy atom. The van der Waals surface area contributed by atoms with E-state index in [4.69, 9.17) is 16.3 Å². The van der Waals surface area contributed by atoms with Crippen LogP contribution in [0.25, 0.3) is 0 Å². The zero-order valence-electron chi connectivity index (χ0n) is 12.3. The summed E-state index contributed by atoms with van der Waals surface area (Å²) in [6, 6.07) is 5.28. The molecular formula is C15H18ClNO3S2. The van der Waals surface area contributed by atoms with Crippen molar-refractivity contribution < 1.29 is 14.3 Å². The Balaban J connectivity index is 1.75. The summed E-state index contributed by atoms with van der Waals surface area (Å²) in [6.45, 7) is 1.55. The van der Waals surface area contributed by atoms with E-state index in [1.165, 1.54) is 0 Å². The summed E-state index contributed by atoms with van der Waals surface area (Å²) >= 11 is 9.64. The van der Waals surface area contributed by atoms with Gasteiger partial charge in [-0.3, -0.25) is 9.59 Å². The second-order valence-electron chi connectivity index (χ2n) is 4.89. The number of rotatable bonds is 5. The third-order valence-corrected chi connectivity index (χ3v) is 6.44. The highest BCUT2D eigenvalue weighted by Gasteiger charge is 2.19. The van der Waals surface area contributed by atoms with Crippen LogP contribution in [-0.4, -0.2) is 41.0 Å². The molecule has 0 radical (unpaired) electrons. The molecule has 22 heavy (non-hydrogen) atoms. The number of hydrogen-bond acceptors (Lipinski definition) is 5. The molecular weight excluding hydrogens is 342 g/mol. The lowest BCUT2D eigenvalue weighted by atomic mass is 10.2. The van der Waals surface area contributed by atoms with Crippen LogP contribution in [0.4, 0.5) is 5.69 Å². The first-order valence-corrected chi connectivity index (χ1v) is 9.54. The minimum Gasteiger partial charge on any atom is -0.456 e. The van der Waals surface area contributed by atoms with Gasteiger partial charge in [-0.2, -0.15) is 23.5 Å². The molecule has 1 heterocycles. The third-order valence-electron chi connectivity index (χ3n) is 3.19. The molecule has 1 fully saturated rings. The van der Waals surface area contributed by atoms with Crippen molar-refractivity contribution >= 4 is 52.7 Å². The minimum absolute atomic E-state index is 0.269. The maximum atomic E-state index is 11.8. The smallest absolute Gasteiger partial charge is 0.307 e. The lowest BCUT2D eigenvalue weighted by Gasteiger charge is -2.19. The van der Waals surface area contributed by atoms with Crippen molar-refractivity contribution in [3.63, 3.8) is 0 Å². The normalized spacial score (nSPS) is 17.8. The number of benzene rings is 1. The van der Waals surface area contributed by atoms with Crippen molar-refractivity contribution in [2.24, 2.45) is 0 Å². The molecule has 4 nitrogen and oxygen atoms in total. The second-order valence-corrected chi connectivity index (χ2v) is 7.86. The number of thioether (sulfide) groups is 2. The first-order chi connectivity index (χ1) is 10.6. The van der Waals surface area contributed by atoms with Gasteiger partial charge in [-0.15, -0.1) is 0 Å². The molecule has 1 aromatic rings. The topological polar surface area (TPSA) is 55.4 Å². The van der Waals surface area contributed by atoms with Gasteiger partial charge in [0.15, 0.2) is 6.61 Å². The molecule has 1 atom stereocenters. The summed E-state index contributed by atoms with van der Waals surface area (Å²) in [7, 11) is 0. The van der Waals surface area contributed by atoms with Crippen LogP contribution >= 0.6 is 35.1 Å². The van der Waals surface area contributed by atoms with Crippen molar-refractivity contribution in [2.75, 3.05) is 29.2 Å². The van der Waals surface area contributed by atoms with E-state index in [-0.39, 0.29) is 18.5 Å². The number of nitrogens with one attached hydrogen (secondary N) is 1. The fourth-order valence-corrected chi connectivity index (χ4v) is 4.81. The van der Waals surface area contributed by atoms with Gasteiger partial charge in [0.05, 0.1) is 6.42 Å². The second kappa shape index (κ2) is 8.70. The fraction of sp³-hybridized carbons (Fsp3) is 0.467. The first-order valence-electron chi connectivity index (χ1n) is 6.96. The highest BCUT2D eigenvalue weighted by atomic mass is 35.5. The van der Waals surface area contributed by atoms with E-state index in [2.05, 4.69) is 5.32 Å². The van der Waals surface area contributed by atoms with Crippen LogP contribution in [0.2, 0.25) is 5.02 Å². The molecule has 0 aliphatic carbocycles. The molecule has 0 spiro atoms. The number of carbonyl (C=O) groups is 2. The number of hydrogen-bond donors (Lipinski definition) is 1. The Hall–Kier alpha value is -0.850. The maximum Gasteiger partial charge on any atom is 0.307 e. The van der Waals surface area contributed by atoms with Gasteiger partial charge in [-0.1, -0.05) is 17.7 Å². The Bertz CT molecular complexity index is 548. The van der Waals surface area contributed by atoms with Gasteiger partial charge in [0.1, 0.15) is 0 Å². The molecule has 1 aliphatic heterocycles. The van der Waals surface area contributed by atoms with Gasteiger partial charge >= 0.3 is 5.97 Å². The summed E-state index contributed by atoms with van der Waals surface area (Å²) in [6.07, 6.45) is 0.362. The van der Waals surface area contributed by atoms with Crippen LogP contribution in [0.3, 0.4) is 0 Å². The molecule has 1 aromatic carbocycles. The number of anilines is 1. The molecule has 1 aliphatic rings. The third kappa shape index (κ3) is 5.41. The van der Waals surface area contributed by atoms with Gasteiger partial charge in [0.25, 0.3) is 5.91 Å². The molecule has 7 heteroatoms. The van der Waals surface area contributed by atoms with E-state index in [0.717, 1.165) is 22.8 Å². The number of halogens is 1. The number of ether oxygens (including phenoxy) is 1. The standard InChI is InChI=1S/C15H18ClNO3S2/c1-10-12(16)3-2-4-13(10)17-14(18)8-20-15(19)7-11-9-21-5-6-22-11/h2-4,11H,5-9H2,1H3,(H,17,18). The van der Waals surface area contributed by atoms with Crippen LogP contribution in [0.1, 0.15) is 12.0 Å². The Labute approximate surface area is 143 Å². The Morgan fingerprint density at radius 1 is 1.41 bits per heavy atom. The zero-order valence-corrected chi connectivity index (χ0v) is 14.7. The van der Waals surface area contributed by atoms with Crippen LogP contribution in [0.5, 0.6) is 0 Å². The highest BCUT2D eigenvalue weighted by Crippen LogP contribution is 2.26. The number of esters is 1. The zero-order chi connectivity index (χ0) is 15.9. The van der Waals surface area contributed by atoms with E-state index in [9.17, 15) is 9.59 Å². The number of carbonyl (C=O) groups excluding carboxylic acids is 2. The Kier molecular flexibility index (Phi) is 6.92. The fourth-order valence-electron chi connectivity index (χ4n) is 1.97. The lowest BCUT2D eigenvalue weighted by Crippen LogP contribution is -2.24. The molecule has 0 saturated carbocycles. The average Bonchev–Trinajstić information content (AvgIpc) is 2.51. The summed E-state index contributed by atoms with van der Waals surface area (Å²) in [5.41, 5.74) is 1.42. The summed E-state index contributed by atoms with van der Waals surface area (Å²) in [5, 5.41) is 3.58. The van der Waals surface area contributed by atoms with Crippen molar-refractivity contribution in [1.29, 1.82) is 0 Å². The SMILES string of the molecule is Cc1c(Cl)cccc1NC(=O)COC(=O)CC1CSCCS1. The molecule has 1 saturated heterocycles. The maximum absolute atomic E-state index is 11.8. The lowest BCUT2D eigenvalue weighted by molar-refractivity contribution is -0.147. The minimum atomic E-state index is -0.357. The molecule has 120 valence electrons. The van der Waals surface area contributed by atoms with Gasteiger partial charge in [0.2, 0.25) is 0 Å². The van der Waals surface area contributed by atoms with Crippen molar-refractivity contribution in [3.8, 4) is 0 Å². The predicted molar refractivity (Wildman–Crippen MR) is 94.0 cm³/mol.